The molecule has 154 valence electrons. The smallest absolute Gasteiger partial charge is 0.251 e. The summed E-state index contributed by atoms with van der Waals surface area (Å²) in [6.07, 6.45) is 2.48. The normalized spacial score (nSPS) is 17.1. The Balaban J connectivity index is 2.11. The van der Waals surface area contributed by atoms with Crippen LogP contribution in [0.3, 0.4) is 0 Å². The minimum absolute atomic E-state index is 0.0256. The summed E-state index contributed by atoms with van der Waals surface area (Å²) in [6, 6.07) is 3.51. The zero-order valence-electron chi connectivity index (χ0n) is 17.0. The van der Waals surface area contributed by atoms with Gasteiger partial charge in [0.15, 0.2) is 0 Å². The summed E-state index contributed by atoms with van der Waals surface area (Å²) in [5.74, 6) is -0.437. The van der Waals surface area contributed by atoms with Crippen molar-refractivity contribution in [2.45, 2.75) is 32.7 Å². The van der Waals surface area contributed by atoms with Crippen LogP contribution in [0.2, 0.25) is 0 Å². The van der Waals surface area contributed by atoms with Gasteiger partial charge in [0.2, 0.25) is 11.8 Å². The minimum atomic E-state index is -0.568. The Hall–Kier alpha value is -2.61. The molecule has 0 radical (unpaired) electrons. The molecule has 0 aromatic carbocycles. The van der Waals surface area contributed by atoms with E-state index in [2.05, 4.69) is 5.32 Å². The molecular formula is C20H29N3O5. The van der Waals surface area contributed by atoms with Gasteiger partial charge in [-0.1, -0.05) is 0 Å². The molecule has 1 atom stereocenters. The maximum atomic E-state index is 13.0. The Bertz CT molecular complexity index is 724. The molecular weight excluding hydrogens is 362 g/mol. The fourth-order valence-electron chi connectivity index (χ4n) is 3.24. The number of carbonyl (C=O) groups excluding carboxylic acids is 3. The van der Waals surface area contributed by atoms with E-state index < -0.39 is 5.92 Å². The summed E-state index contributed by atoms with van der Waals surface area (Å²) < 4.78 is 10.3. The molecule has 0 bridgehead atoms. The number of ether oxygens (including phenoxy) is 1. The summed E-state index contributed by atoms with van der Waals surface area (Å²) in [6.45, 7) is 3.02. The van der Waals surface area contributed by atoms with E-state index in [0.717, 1.165) is 0 Å². The number of hydrogen-bond donors (Lipinski definition) is 1. The molecule has 0 spiro atoms. The lowest BCUT2D eigenvalue weighted by molar-refractivity contribution is -0.138. The van der Waals surface area contributed by atoms with Crippen LogP contribution in [0.15, 0.2) is 34.1 Å². The van der Waals surface area contributed by atoms with Crippen molar-refractivity contribution >= 4 is 17.7 Å². The van der Waals surface area contributed by atoms with Crippen LogP contribution in [0.1, 0.15) is 31.9 Å². The largest absolute Gasteiger partial charge is 0.467 e. The number of nitrogens with zero attached hydrogens (tertiary/aromatic N) is 2. The lowest BCUT2D eigenvalue weighted by atomic mass is 9.88. The number of hydrogen-bond acceptors (Lipinski definition) is 5. The first-order chi connectivity index (χ1) is 13.3. The SMILES string of the molecule is COCCCN1C(=O)C(CC(=O)NCc2ccco2)CC(C(=O)N(C)C)=C1C. The molecule has 1 aliphatic heterocycles. The third-order valence-electron chi connectivity index (χ3n) is 4.77. The molecule has 1 N–H and O–H groups in total. The van der Waals surface area contributed by atoms with Crippen molar-refractivity contribution in [2.75, 3.05) is 34.4 Å². The maximum Gasteiger partial charge on any atom is 0.251 e. The average Bonchev–Trinajstić information content (AvgIpc) is 3.18. The fourth-order valence-corrected chi connectivity index (χ4v) is 3.24. The number of furan rings is 1. The number of rotatable bonds is 9. The Morgan fingerprint density at radius 1 is 1.39 bits per heavy atom. The zero-order valence-corrected chi connectivity index (χ0v) is 17.0. The lowest BCUT2D eigenvalue weighted by Gasteiger charge is -2.35. The van der Waals surface area contributed by atoms with Crippen molar-refractivity contribution in [3.05, 3.63) is 35.4 Å². The van der Waals surface area contributed by atoms with Gasteiger partial charge in [-0.2, -0.15) is 0 Å². The summed E-state index contributed by atoms with van der Waals surface area (Å²) in [4.78, 5) is 41.0. The number of allylic oxidation sites excluding steroid dienone is 1. The zero-order chi connectivity index (χ0) is 20.7. The first kappa shape index (κ1) is 21.7. The van der Waals surface area contributed by atoms with Gasteiger partial charge in [-0.3, -0.25) is 14.4 Å². The second-order valence-corrected chi connectivity index (χ2v) is 7.06. The van der Waals surface area contributed by atoms with Crippen molar-refractivity contribution in [1.82, 2.24) is 15.1 Å². The predicted octanol–water partition coefficient (Wildman–Crippen LogP) is 1.53. The molecule has 2 heterocycles. The summed E-state index contributed by atoms with van der Waals surface area (Å²) in [7, 11) is 4.96. The van der Waals surface area contributed by atoms with Crippen molar-refractivity contribution in [1.29, 1.82) is 0 Å². The first-order valence-electron chi connectivity index (χ1n) is 9.36. The van der Waals surface area contributed by atoms with Crippen molar-refractivity contribution < 1.29 is 23.5 Å². The van der Waals surface area contributed by atoms with Gasteiger partial charge in [0.25, 0.3) is 5.91 Å². The highest BCUT2D eigenvalue weighted by Crippen LogP contribution is 2.30. The number of nitrogens with one attached hydrogen (secondary N) is 1. The Labute approximate surface area is 165 Å². The van der Waals surface area contributed by atoms with E-state index in [9.17, 15) is 14.4 Å². The molecule has 3 amide bonds. The van der Waals surface area contributed by atoms with Gasteiger partial charge in [-0.05, 0) is 31.9 Å². The number of likely N-dealkylation sites (N-methyl/N-ethyl adjacent to an activating group) is 1. The van der Waals surface area contributed by atoms with E-state index in [1.165, 1.54) is 11.2 Å². The summed E-state index contributed by atoms with van der Waals surface area (Å²) in [5.41, 5.74) is 1.23. The van der Waals surface area contributed by atoms with E-state index in [0.29, 0.717) is 36.6 Å². The van der Waals surface area contributed by atoms with Crippen LogP contribution < -0.4 is 5.32 Å². The van der Waals surface area contributed by atoms with Crippen LogP contribution in [0.4, 0.5) is 0 Å². The standard InChI is InChI=1S/C20H29N3O5/c1-14-17(20(26)22(2)3)11-15(19(25)23(14)8-6-9-27-4)12-18(24)21-13-16-7-5-10-28-16/h5,7,10,15H,6,8-9,11-13H2,1-4H3,(H,21,24). The monoisotopic (exact) mass is 391 g/mol. The quantitative estimate of drug-likeness (QED) is 0.645. The van der Waals surface area contributed by atoms with Crippen LogP contribution in [-0.2, 0) is 25.7 Å². The van der Waals surface area contributed by atoms with E-state index in [-0.39, 0.29) is 37.1 Å². The topological polar surface area (TPSA) is 92.1 Å². The fraction of sp³-hybridized carbons (Fsp3) is 0.550. The third-order valence-corrected chi connectivity index (χ3v) is 4.77. The van der Waals surface area contributed by atoms with E-state index in [1.807, 2.05) is 0 Å². The summed E-state index contributed by atoms with van der Waals surface area (Å²) in [5, 5.41) is 2.76. The molecule has 0 fully saturated rings. The average molecular weight is 391 g/mol. The Kier molecular flexibility index (Phi) is 7.80. The van der Waals surface area contributed by atoms with Crippen LogP contribution in [-0.4, -0.2) is 61.9 Å². The second kappa shape index (κ2) is 10.1. The molecule has 8 heteroatoms. The van der Waals surface area contributed by atoms with Crippen LogP contribution in [0.25, 0.3) is 0 Å². The third kappa shape index (κ3) is 5.45. The maximum absolute atomic E-state index is 13.0. The van der Waals surface area contributed by atoms with Crippen molar-refractivity contribution in [3.63, 3.8) is 0 Å². The molecule has 8 nitrogen and oxygen atoms in total. The van der Waals surface area contributed by atoms with Gasteiger partial charge < -0.3 is 24.3 Å². The second-order valence-electron chi connectivity index (χ2n) is 7.06. The molecule has 2 rings (SSSR count). The first-order valence-corrected chi connectivity index (χ1v) is 9.36. The lowest BCUT2D eigenvalue weighted by Crippen LogP contribution is -2.44. The molecule has 1 unspecified atom stereocenters. The highest BCUT2D eigenvalue weighted by atomic mass is 16.5. The molecule has 1 aromatic rings. The number of amides is 3. The van der Waals surface area contributed by atoms with E-state index in [4.69, 9.17) is 9.15 Å². The van der Waals surface area contributed by atoms with Gasteiger partial charge in [-0.15, -0.1) is 0 Å². The van der Waals surface area contributed by atoms with Crippen LogP contribution in [0, 0.1) is 5.92 Å². The molecule has 0 saturated heterocycles. The van der Waals surface area contributed by atoms with Gasteiger partial charge in [0.05, 0.1) is 18.7 Å². The van der Waals surface area contributed by atoms with Crippen molar-refractivity contribution in [2.24, 2.45) is 5.92 Å². The van der Waals surface area contributed by atoms with Gasteiger partial charge in [0.1, 0.15) is 5.76 Å². The molecule has 0 aliphatic carbocycles. The van der Waals surface area contributed by atoms with Gasteiger partial charge in [0, 0.05) is 52.0 Å². The molecule has 28 heavy (non-hydrogen) atoms. The highest BCUT2D eigenvalue weighted by Gasteiger charge is 2.36. The molecule has 0 saturated carbocycles. The predicted molar refractivity (Wildman–Crippen MR) is 103 cm³/mol. The molecule has 1 aliphatic rings. The Morgan fingerprint density at radius 2 is 2.14 bits per heavy atom. The van der Waals surface area contributed by atoms with Gasteiger partial charge >= 0.3 is 0 Å². The van der Waals surface area contributed by atoms with Crippen LogP contribution >= 0.6 is 0 Å². The number of carbonyl (C=O) groups is 3. The highest BCUT2D eigenvalue weighted by molar-refractivity contribution is 5.98. The summed E-state index contributed by atoms with van der Waals surface area (Å²) >= 11 is 0. The molecule has 1 aromatic heterocycles. The minimum Gasteiger partial charge on any atom is -0.467 e. The van der Waals surface area contributed by atoms with E-state index in [1.54, 1.807) is 45.2 Å². The van der Waals surface area contributed by atoms with E-state index >= 15 is 0 Å². The van der Waals surface area contributed by atoms with Gasteiger partial charge in [-0.25, -0.2) is 0 Å². The Morgan fingerprint density at radius 3 is 2.75 bits per heavy atom. The van der Waals surface area contributed by atoms with Crippen LogP contribution in [0.5, 0.6) is 0 Å². The number of methoxy groups -OCH3 is 1. The van der Waals surface area contributed by atoms with Crippen molar-refractivity contribution in [3.8, 4) is 0 Å².